The molecule has 6 heteroatoms. The summed E-state index contributed by atoms with van der Waals surface area (Å²) in [4.78, 5) is 5.94. The largest absolute Gasteiger partial charge is 0.303 e. The Morgan fingerprint density at radius 3 is 2.56 bits per heavy atom. The highest BCUT2D eigenvalue weighted by molar-refractivity contribution is 7.98. The van der Waals surface area contributed by atoms with Crippen LogP contribution < -0.4 is 0 Å². The summed E-state index contributed by atoms with van der Waals surface area (Å²) < 4.78 is 2.43. The Labute approximate surface area is 168 Å². The highest BCUT2D eigenvalue weighted by Gasteiger charge is 2.36. The predicted octanol–water partition coefficient (Wildman–Crippen LogP) is 6.03. The molecule has 0 aliphatic heterocycles. The lowest BCUT2D eigenvalue weighted by Crippen LogP contribution is -2.01. The molecule has 27 heavy (non-hydrogen) atoms. The molecule has 2 aliphatic carbocycles. The molecule has 0 N–H and O–H groups in total. The first-order chi connectivity index (χ1) is 13.2. The quantitative estimate of drug-likeness (QED) is 0.457. The minimum absolute atomic E-state index is 0.562. The molecule has 0 spiro atoms. The van der Waals surface area contributed by atoms with Crippen molar-refractivity contribution in [2.45, 2.75) is 68.3 Å². The number of thioether (sulfide) groups is 1. The molecule has 2 aliphatic rings. The molecule has 2 saturated carbocycles. The van der Waals surface area contributed by atoms with Crippen LogP contribution in [0.4, 0.5) is 0 Å². The molecule has 2 fully saturated rings. The van der Waals surface area contributed by atoms with Crippen molar-refractivity contribution < 1.29 is 0 Å². The van der Waals surface area contributed by atoms with Crippen LogP contribution in [0.3, 0.4) is 0 Å². The van der Waals surface area contributed by atoms with Gasteiger partial charge in [-0.25, -0.2) is 4.98 Å². The highest BCUT2D eigenvalue weighted by atomic mass is 32.2. The fraction of sp³-hybridized carbons (Fsp3) is 0.476. The summed E-state index contributed by atoms with van der Waals surface area (Å²) in [7, 11) is 0. The predicted molar refractivity (Wildman–Crippen MR) is 111 cm³/mol. The summed E-state index contributed by atoms with van der Waals surface area (Å²) >= 11 is 3.59. The molecule has 0 amide bonds. The molecule has 3 aromatic rings. The van der Waals surface area contributed by atoms with E-state index in [1.54, 1.807) is 11.3 Å². The Bertz CT molecular complexity index is 934. The van der Waals surface area contributed by atoms with E-state index in [2.05, 4.69) is 57.9 Å². The highest BCUT2D eigenvalue weighted by Crippen LogP contribution is 2.46. The van der Waals surface area contributed by atoms with Crippen LogP contribution in [0.1, 0.15) is 73.7 Å². The Balaban J connectivity index is 1.29. The van der Waals surface area contributed by atoms with Gasteiger partial charge in [0, 0.05) is 34.4 Å². The Kier molecular flexibility index (Phi) is 4.56. The molecule has 2 aromatic heterocycles. The van der Waals surface area contributed by atoms with Crippen molar-refractivity contribution in [3.8, 4) is 10.6 Å². The van der Waals surface area contributed by atoms with E-state index in [0.717, 1.165) is 15.9 Å². The van der Waals surface area contributed by atoms with Crippen LogP contribution in [0, 0.1) is 0 Å². The van der Waals surface area contributed by atoms with Gasteiger partial charge in [0.2, 0.25) is 0 Å². The van der Waals surface area contributed by atoms with Crippen LogP contribution in [0.15, 0.2) is 35.6 Å². The maximum absolute atomic E-state index is 4.65. The van der Waals surface area contributed by atoms with Crippen LogP contribution in [0.2, 0.25) is 0 Å². The number of hydrogen-bond acceptors (Lipinski definition) is 5. The molecule has 5 rings (SSSR count). The number of nitrogens with zero attached hydrogens (tertiary/aromatic N) is 4. The summed E-state index contributed by atoms with van der Waals surface area (Å²) in [5, 5.41) is 11.2. The third-order valence-corrected chi connectivity index (χ3v) is 7.49. The van der Waals surface area contributed by atoms with Gasteiger partial charge in [0.1, 0.15) is 10.8 Å². The van der Waals surface area contributed by atoms with Crippen molar-refractivity contribution in [1.82, 2.24) is 19.7 Å². The van der Waals surface area contributed by atoms with Crippen molar-refractivity contribution in [2.24, 2.45) is 0 Å². The van der Waals surface area contributed by atoms with E-state index >= 15 is 0 Å². The number of aromatic nitrogens is 4. The van der Waals surface area contributed by atoms with E-state index in [0.29, 0.717) is 17.9 Å². The van der Waals surface area contributed by atoms with Crippen molar-refractivity contribution in [1.29, 1.82) is 0 Å². The molecule has 140 valence electrons. The van der Waals surface area contributed by atoms with E-state index in [4.69, 9.17) is 0 Å². The molecule has 0 unspecified atom stereocenters. The number of benzene rings is 1. The summed E-state index contributed by atoms with van der Waals surface area (Å²) in [6.45, 7) is 4.45. The van der Waals surface area contributed by atoms with E-state index in [-0.39, 0.29) is 0 Å². The molecule has 0 radical (unpaired) electrons. The second kappa shape index (κ2) is 7.06. The second-order valence-corrected chi connectivity index (χ2v) is 9.97. The summed E-state index contributed by atoms with van der Waals surface area (Å²) in [6, 6.07) is 9.46. The zero-order valence-corrected chi connectivity index (χ0v) is 17.4. The lowest BCUT2D eigenvalue weighted by atomic mass is 10.0. The number of thiazole rings is 1. The zero-order chi connectivity index (χ0) is 18.4. The lowest BCUT2D eigenvalue weighted by Gasteiger charge is -2.07. The molecule has 0 bridgehead atoms. The van der Waals surface area contributed by atoms with E-state index < -0.39 is 0 Å². The van der Waals surface area contributed by atoms with E-state index in [9.17, 15) is 0 Å². The van der Waals surface area contributed by atoms with Gasteiger partial charge >= 0.3 is 0 Å². The third-order valence-electron chi connectivity index (χ3n) is 5.27. The first-order valence-electron chi connectivity index (χ1n) is 9.81. The molecule has 2 heterocycles. The van der Waals surface area contributed by atoms with Gasteiger partial charge in [0.05, 0.1) is 0 Å². The Hall–Kier alpha value is -1.66. The standard InChI is InChI=1S/C21H24N4S2/c1-13(2)14-3-7-16(8-4-14)20-22-11-18(27-20)12-26-21-24-23-19(15-5-6-15)25(21)17-9-10-17/h3-4,7-8,11,13,15,17H,5-6,9-10,12H2,1-2H3. The van der Waals surface area contributed by atoms with Crippen molar-refractivity contribution in [2.75, 3.05) is 0 Å². The smallest absolute Gasteiger partial charge is 0.191 e. The number of hydrogen-bond donors (Lipinski definition) is 0. The summed E-state index contributed by atoms with van der Waals surface area (Å²) in [5.74, 6) is 3.37. The van der Waals surface area contributed by atoms with Crippen LogP contribution in [0.5, 0.6) is 0 Å². The maximum atomic E-state index is 4.65. The fourth-order valence-electron chi connectivity index (χ4n) is 3.34. The van der Waals surface area contributed by atoms with Gasteiger partial charge in [0.15, 0.2) is 5.16 Å². The van der Waals surface area contributed by atoms with Gasteiger partial charge in [-0.15, -0.1) is 21.5 Å². The fourth-order valence-corrected chi connectivity index (χ4v) is 5.29. The van der Waals surface area contributed by atoms with Crippen molar-refractivity contribution in [3.05, 3.63) is 46.7 Å². The van der Waals surface area contributed by atoms with Crippen molar-refractivity contribution >= 4 is 23.1 Å². The minimum Gasteiger partial charge on any atom is -0.303 e. The normalized spacial score (nSPS) is 17.0. The minimum atomic E-state index is 0.562. The number of rotatable bonds is 7. The molecular weight excluding hydrogens is 372 g/mol. The van der Waals surface area contributed by atoms with Gasteiger partial charge in [-0.2, -0.15) is 0 Å². The molecule has 1 aromatic carbocycles. The van der Waals surface area contributed by atoms with Gasteiger partial charge in [-0.1, -0.05) is 49.9 Å². The van der Waals surface area contributed by atoms with Gasteiger partial charge in [-0.05, 0) is 37.2 Å². The van der Waals surface area contributed by atoms with Crippen LogP contribution in [-0.2, 0) is 5.75 Å². The molecular formula is C21H24N4S2. The maximum Gasteiger partial charge on any atom is 0.191 e. The first-order valence-corrected chi connectivity index (χ1v) is 11.6. The topological polar surface area (TPSA) is 43.6 Å². The van der Waals surface area contributed by atoms with Gasteiger partial charge < -0.3 is 4.57 Å². The molecule has 0 atom stereocenters. The average molecular weight is 397 g/mol. The van der Waals surface area contributed by atoms with Gasteiger partial charge in [0.25, 0.3) is 0 Å². The SMILES string of the molecule is CC(C)c1ccc(-c2ncc(CSc3nnc(C4CC4)n3C3CC3)s2)cc1. The molecule has 4 nitrogen and oxygen atoms in total. The molecule has 0 saturated heterocycles. The second-order valence-electron chi connectivity index (χ2n) is 7.91. The van der Waals surface area contributed by atoms with Gasteiger partial charge in [-0.3, -0.25) is 0 Å². The summed E-state index contributed by atoms with van der Waals surface area (Å²) in [5.41, 5.74) is 2.58. The monoisotopic (exact) mass is 396 g/mol. The third kappa shape index (κ3) is 3.69. The van der Waals surface area contributed by atoms with Crippen LogP contribution in [0.25, 0.3) is 10.6 Å². The Morgan fingerprint density at radius 2 is 1.89 bits per heavy atom. The first kappa shape index (κ1) is 17.4. The van der Waals surface area contributed by atoms with Crippen LogP contribution in [-0.4, -0.2) is 19.7 Å². The summed E-state index contributed by atoms with van der Waals surface area (Å²) in [6.07, 6.45) is 7.14. The zero-order valence-electron chi connectivity index (χ0n) is 15.8. The van der Waals surface area contributed by atoms with E-state index in [1.165, 1.54) is 47.5 Å². The van der Waals surface area contributed by atoms with E-state index in [1.807, 2.05) is 18.0 Å². The van der Waals surface area contributed by atoms with Crippen LogP contribution >= 0.6 is 23.1 Å². The Morgan fingerprint density at radius 1 is 1.11 bits per heavy atom. The lowest BCUT2D eigenvalue weighted by molar-refractivity contribution is 0.627. The van der Waals surface area contributed by atoms with Crippen molar-refractivity contribution in [3.63, 3.8) is 0 Å². The average Bonchev–Trinajstić information content (AvgIpc) is 3.61.